The molecule has 6 heteroatoms. The van der Waals surface area contributed by atoms with E-state index in [4.69, 9.17) is 9.72 Å². The number of aromatic nitrogens is 2. The normalized spacial score (nSPS) is 11.2. The molecule has 0 N–H and O–H groups in total. The zero-order valence-corrected chi connectivity index (χ0v) is 18.5. The fraction of sp³-hybridized carbons (Fsp3) is 0.400. The number of aryl methyl sites for hydroxylation is 3. The van der Waals surface area contributed by atoms with Crippen molar-refractivity contribution < 1.29 is 4.74 Å². The number of ether oxygens (including phenoxy) is 1. The van der Waals surface area contributed by atoms with Gasteiger partial charge in [-0.15, -0.1) is 11.3 Å². The molecule has 26 heavy (non-hydrogen) atoms. The highest BCUT2D eigenvalue weighted by Gasteiger charge is 2.21. The van der Waals surface area contributed by atoms with Crippen LogP contribution in [0.4, 0.5) is 5.69 Å². The molecule has 0 amide bonds. The van der Waals surface area contributed by atoms with Gasteiger partial charge in [0.1, 0.15) is 21.8 Å². The van der Waals surface area contributed by atoms with Crippen molar-refractivity contribution in [3.05, 3.63) is 38.4 Å². The lowest BCUT2D eigenvalue weighted by Crippen LogP contribution is -2.22. The van der Waals surface area contributed by atoms with E-state index >= 15 is 0 Å². The molecule has 2 heterocycles. The van der Waals surface area contributed by atoms with Crippen molar-refractivity contribution in [2.45, 2.75) is 41.5 Å². The smallest absolute Gasteiger partial charge is 0.240 e. The van der Waals surface area contributed by atoms with E-state index in [2.05, 4.69) is 66.5 Å². The Bertz CT molecular complexity index is 964. The average molecular weight is 434 g/mol. The van der Waals surface area contributed by atoms with Crippen molar-refractivity contribution in [1.29, 1.82) is 0 Å². The van der Waals surface area contributed by atoms with Crippen LogP contribution in [0.3, 0.4) is 0 Å². The molecule has 4 nitrogen and oxygen atoms in total. The summed E-state index contributed by atoms with van der Waals surface area (Å²) in [4.78, 5) is 13.0. The Balaban J connectivity index is 2.19. The van der Waals surface area contributed by atoms with E-state index in [1.54, 1.807) is 11.3 Å². The molecule has 0 saturated carbocycles. The van der Waals surface area contributed by atoms with Gasteiger partial charge in [0.05, 0.1) is 5.69 Å². The van der Waals surface area contributed by atoms with E-state index < -0.39 is 0 Å². The first-order valence-electron chi connectivity index (χ1n) is 8.83. The summed E-state index contributed by atoms with van der Waals surface area (Å²) in [6.45, 7) is 14.4. The first-order valence-corrected chi connectivity index (χ1v) is 10.4. The van der Waals surface area contributed by atoms with Gasteiger partial charge in [0.2, 0.25) is 5.88 Å². The zero-order valence-electron chi connectivity index (χ0n) is 16.1. The van der Waals surface area contributed by atoms with Crippen LogP contribution in [-0.2, 0) is 0 Å². The first-order chi connectivity index (χ1) is 12.4. The van der Waals surface area contributed by atoms with Crippen LogP contribution in [0.2, 0.25) is 0 Å². The molecule has 3 aromatic rings. The number of thiophene rings is 1. The number of fused-ring (bicyclic) bond motifs is 1. The van der Waals surface area contributed by atoms with Gasteiger partial charge >= 0.3 is 0 Å². The lowest BCUT2D eigenvalue weighted by molar-refractivity contribution is 0.460. The lowest BCUT2D eigenvalue weighted by atomic mass is 10.1. The summed E-state index contributed by atoms with van der Waals surface area (Å²) >= 11 is 5.30. The Morgan fingerprint density at radius 2 is 1.77 bits per heavy atom. The third kappa shape index (κ3) is 3.32. The molecular formula is C20H24BrN3OS. The maximum absolute atomic E-state index is 6.34. The number of nitrogens with zero attached hydrogens (tertiary/aromatic N) is 3. The largest absolute Gasteiger partial charge is 0.437 e. The van der Waals surface area contributed by atoms with Crippen LogP contribution in [0, 0.1) is 27.7 Å². The molecule has 0 radical (unpaired) electrons. The second-order valence-corrected chi connectivity index (χ2v) is 8.43. The van der Waals surface area contributed by atoms with Gasteiger partial charge in [-0.3, -0.25) is 0 Å². The van der Waals surface area contributed by atoms with Gasteiger partial charge in [-0.25, -0.2) is 4.98 Å². The maximum atomic E-state index is 6.34. The molecule has 0 saturated heterocycles. The Morgan fingerprint density at radius 3 is 2.42 bits per heavy atom. The second kappa shape index (κ2) is 7.53. The molecule has 0 bridgehead atoms. The van der Waals surface area contributed by atoms with E-state index in [0.29, 0.717) is 5.88 Å². The number of benzene rings is 1. The topological polar surface area (TPSA) is 38.2 Å². The summed E-state index contributed by atoms with van der Waals surface area (Å²) in [7, 11) is 0. The van der Waals surface area contributed by atoms with Gasteiger partial charge < -0.3 is 9.64 Å². The number of halogens is 1. The fourth-order valence-electron chi connectivity index (χ4n) is 3.20. The van der Waals surface area contributed by atoms with E-state index in [0.717, 1.165) is 50.5 Å². The van der Waals surface area contributed by atoms with Crippen LogP contribution < -0.4 is 9.64 Å². The molecule has 0 unspecified atom stereocenters. The zero-order chi connectivity index (χ0) is 19.0. The molecule has 3 rings (SSSR count). The lowest BCUT2D eigenvalue weighted by Gasteiger charge is -2.21. The summed E-state index contributed by atoms with van der Waals surface area (Å²) < 4.78 is 8.38. The molecule has 0 spiro atoms. The summed E-state index contributed by atoms with van der Waals surface area (Å²) in [5, 5.41) is 0. The highest BCUT2D eigenvalue weighted by molar-refractivity contribution is 9.10. The number of hydrogen-bond acceptors (Lipinski definition) is 5. The second-order valence-electron chi connectivity index (χ2n) is 6.35. The van der Waals surface area contributed by atoms with Crippen molar-refractivity contribution >= 4 is 43.2 Å². The van der Waals surface area contributed by atoms with Crippen LogP contribution in [0.5, 0.6) is 11.6 Å². The monoisotopic (exact) mass is 433 g/mol. The SMILES string of the molecule is CCN(CC)c1c(C)sc2c(Oc3c(C)ccc(Br)c3C)nc(C)nc12. The minimum atomic E-state index is 0.642. The van der Waals surface area contributed by atoms with Crippen molar-refractivity contribution in [3.63, 3.8) is 0 Å². The minimum absolute atomic E-state index is 0.642. The van der Waals surface area contributed by atoms with E-state index in [-0.39, 0.29) is 0 Å². The highest BCUT2D eigenvalue weighted by atomic mass is 79.9. The van der Waals surface area contributed by atoms with Crippen LogP contribution in [-0.4, -0.2) is 23.1 Å². The van der Waals surface area contributed by atoms with E-state index in [9.17, 15) is 0 Å². The molecule has 138 valence electrons. The van der Waals surface area contributed by atoms with Crippen molar-refractivity contribution in [2.75, 3.05) is 18.0 Å². The summed E-state index contributed by atoms with van der Waals surface area (Å²) in [5.41, 5.74) is 4.36. The predicted molar refractivity (Wildman–Crippen MR) is 114 cm³/mol. The Hall–Kier alpha value is -1.66. The molecule has 0 fully saturated rings. The predicted octanol–water partition coefficient (Wildman–Crippen LogP) is 6.33. The van der Waals surface area contributed by atoms with Crippen LogP contribution in [0.25, 0.3) is 10.2 Å². The number of anilines is 1. The third-order valence-electron chi connectivity index (χ3n) is 4.57. The molecule has 0 aliphatic heterocycles. The number of rotatable bonds is 5. The summed E-state index contributed by atoms with van der Waals surface area (Å²) in [6.07, 6.45) is 0. The summed E-state index contributed by atoms with van der Waals surface area (Å²) in [5.74, 6) is 2.22. The first kappa shape index (κ1) is 19.1. The van der Waals surface area contributed by atoms with Crippen LogP contribution >= 0.6 is 27.3 Å². The maximum Gasteiger partial charge on any atom is 0.240 e. The van der Waals surface area contributed by atoms with Crippen molar-refractivity contribution in [1.82, 2.24) is 9.97 Å². The quantitative estimate of drug-likeness (QED) is 0.471. The standard InChI is InChI=1S/C20H24BrN3OS/c1-7-24(8-2)17-13(5)26-19-16(17)22-14(6)23-20(19)25-18-11(3)9-10-15(21)12(18)4/h9-10H,7-8H2,1-6H3. The molecule has 0 aliphatic carbocycles. The van der Waals surface area contributed by atoms with Gasteiger partial charge in [-0.2, -0.15) is 4.98 Å². The molecule has 2 aromatic heterocycles. The summed E-state index contributed by atoms with van der Waals surface area (Å²) in [6, 6.07) is 4.10. The number of hydrogen-bond donors (Lipinski definition) is 0. The van der Waals surface area contributed by atoms with Gasteiger partial charge in [-0.05, 0) is 53.2 Å². The van der Waals surface area contributed by atoms with Gasteiger partial charge in [-0.1, -0.05) is 22.0 Å². The van der Waals surface area contributed by atoms with Crippen molar-refractivity contribution in [2.24, 2.45) is 0 Å². The van der Waals surface area contributed by atoms with E-state index in [1.165, 1.54) is 10.6 Å². The highest BCUT2D eigenvalue weighted by Crippen LogP contribution is 2.43. The molecule has 1 aromatic carbocycles. The molecular weight excluding hydrogens is 410 g/mol. The van der Waals surface area contributed by atoms with Crippen molar-refractivity contribution in [3.8, 4) is 11.6 Å². The Morgan fingerprint density at radius 1 is 1.08 bits per heavy atom. The minimum Gasteiger partial charge on any atom is -0.437 e. The fourth-order valence-corrected chi connectivity index (χ4v) is 4.55. The van der Waals surface area contributed by atoms with Gasteiger partial charge in [0, 0.05) is 28.0 Å². The van der Waals surface area contributed by atoms with E-state index in [1.807, 2.05) is 13.0 Å². The molecule has 0 aliphatic rings. The Kier molecular flexibility index (Phi) is 5.53. The Labute approximate surface area is 167 Å². The average Bonchev–Trinajstić information content (AvgIpc) is 2.93. The molecule has 0 atom stereocenters. The third-order valence-corrected chi connectivity index (χ3v) is 6.50. The van der Waals surface area contributed by atoms with Crippen LogP contribution in [0.15, 0.2) is 16.6 Å². The van der Waals surface area contributed by atoms with Gasteiger partial charge in [0.25, 0.3) is 0 Å². The van der Waals surface area contributed by atoms with Crippen LogP contribution in [0.1, 0.15) is 35.7 Å². The van der Waals surface area contributed by atoms with Gasteiger partial charge in [0.15, 0.2) is 0 Å².